The largest absolute Gasteiger partial charge is 0.397 e. The molecule has 1 aliphatic carbocycles. The summed E-state index contributed by atoms with van der Waals surface area (Å²) >= 11 is 1.33. The fourth-order valence-corrected chi connectivity index (χ4v) is 5.74. The number of nitrogens with one attached hydrogen (secondary N) is 1. The van der Waals surface area contributed by atoms with Gasteiger partial charge in [0, 0.05) is 27.9 Å². The van der Waals surface area contributed by atoms with Crippen molar-refractivity contribution in [3.8, 4) is 0 Å². The van der Waals surface area contributed by atoms with E-state index in [4.69, 9.17) is 10.7 Å². The van der Waals surface area contributed by atoms with E-state index >= 15 is 0 Å². The van der Waals surface area contributed by atoms with E-state index in [1.807, 2.05) is 18.2 Å². The van der Waals surface area contributed by atoms with Crippen LogP contribution in [0, 0.1) is 11.3 Å². The van der Waals surface area contributed by atoms with E-state index in [1.54, 1.807) is 36.4 Å². The number of pyridine rings is 1. The molecule has 0 spiro atoms. The maximum Gasteiger partial charge on any atom is 0.267 e. The van der Waals surface area contributed by atoms with Crippen molar-refractivity contribution in [3.05, 3.63) is 87.9 Å². The number of nitrogens with two attached hydrogens (primary N) is 1. The van der Waals surface area contributed by atoms with Crippen molar-refractivity contribution in [2.24, 2.45) is 11.3 Å². The first-order valence-corrected chi connectivity index (χ1v) is 12.7. The Hall–Kier alpha value is -3.51. The molecule has 35 heavy (non-hydrogen) atoms. The maximum atomic E-state index is 13.1. The monoisotopic (exact) mass is 483 g/mol. The van der Waals surface area contributed by atoms with Gasteiger partial charge in [0.15, 0.2) is 5.78 Å². The van der Waals surface area contributed by atoms with Crippen LogP contribution in [0.4, 0.5) is 11.4 Å². The first-order chi connectivity index (χ1) is 16.7. The Balaban J connectivity index is 1.36. The lowest BCUT2D eigenvalue weighted by molar-refractivity contribution is 0.102. The van der Waals surface area contributed by atoms with Crippen LogP contribution in [0.5, 0.6) is 0 Å². The van der Waals surface area contributed by atoms with Crippen LogP contribution >= 0.6 is 11.3 Å². The van der Waals surface area contributed by atoms with E-state index in [0.717, 1.165) is 35.2 Å². The number of carbonyl (C=O) groups excluding carboxylic acids is 2. The number of hydrogen-bond donors (Lipinski definition) is 2. The van der Waals surface area contributed by atoms with Crippen LogP contribution in [-0.4, -0.2) is 16.7 Å². The number of nitrogen functional groups attached to an aromatic ring is 1. The van der Waals surface area contributed by atoms with Gasteiger partial charge in [-0.25, -0.2) is 4.98 Å². The third-order valence-electron chi connectivity index (χ3n) is 6.96. The summed E-state index contributed by atoms with van der Waals surface area (Å²) in [6.07, 6.45) is 3.08. The molecular formula is C29H29N3O2S. The Labute approximate surface area is 209 Å². The second-order valence-corrected chi connectivity index (χ2v) is 11.3. The van der Waals surface area contributed by atoms with Crippen molar-refractivity contribution in [3.63, 3.8) is 0 Å². The number of ketones is 1. The number of carbonyl (C=O) groups is 2. The molecule has 5 nitrogen and oxygen atoms in total. The molecule has 0 bridgehead atoms. The third-order valence-corrected chi connectivity index (χ3v) is 8.07. The number of rotatable bonds is 4. The zero-order chi connectivity index (χ0) is 24.7. The molecule has 3 N–H and O–H groups in total. The maximum absolute atomic E-state index is 13.1. The molecule has 1 amide bonds. The van der Waals surface area contributed by atoms with Crippen LogP contribution in [0.3, 0.4) is 0 Å². The van der Waals surface area contributed by atoms with Gasteiger partial charge in [-0.3, -0.25) is 9.59 Å². The number of hydrogen-bond acceptors (Lipinski definition) is 5. The van der Waals surface area contributed by atoms with Gasteiger partial charge in [-0.1, -0.05) is 51.1 Å². The highest BCUT2D eigenvalue weighted by Gasteiger charge is 2.30. The molecule has 1 atom stereocenters. The van der Waals surface area contributed by atoms with Gasteiger partial charge in [-0.2, -0.15) is 0 Å². The van der Waals surface area contributed by atoms with Crippen LogP contribution in [0.25, 0.3) is 10.2 Å². The molecule has 0 fully saturated rings. The van der Waals surface area contributed by atoms with E-state index in [9.17, 15) is 9.59 Å². The molecule has 5 rings (SSSR count). The molecule has 2 heterocycles. The van der Waals surface area contributed by atoms with Gasteiger partial charge in [0.05, 0.1) is 5.69 Å². The van der Waals surface area contributed by atoms with Gasteiger partial charge in [-0.05, 0) is 66.5 Å². The predicted molar refractivity (Wildman–Crippen MR) is 143 cm³/mol. The molecule has 2 aromatic heterocycles. The lowest BCUT2D eigenvalue weighted by atomic mass is 9.71. The highest BCUT2D eigenvalue weighted by Crippen LogP contribution is 2.40. The lowest BCUT2D eigenvalue weighted by Crippen LogP contribution is -2.27. The van der Waals surface area contributed by atoms with E-state index in [0.29, 0.717) is 33.3 Å². The zero-order valence-corrected chi connectivity index (χ0v) is 21.0. The summed E-state index contributed by atoms with van der Waals surface area (Å²) in [6, 6.07) is 18.2. The fourth-order valence-electron chi connectivity index (χ4n) is 4.75. The Morgan fingerprint density at radius 3 is 2.40 bits per heavy atom. The molecular weight excluding hydrogens is 454 g/mol. The minimum Gasteiger partial charge on any atom is -0.397 e. The summed E-state index contributed by atoms with van der Waals surface area (Å²) in [6.45, 7) is 6.88. The molecule has 6 heteroatoms. The second kappa shape index (κ2) is 8.93. The minimum absolute atomic E-state index is 0.0547. The first-order valence-electron chi connectivity index (χ1n) is 11.9. The van der Waals surface area contributed by atoms with Crippen molar-refractivity contribution in [2.45, 2.75) is 40.0 Å². The first kappa shape index (κ1) is 23.2. The summed E-state index contributed by atoms with van der Waals surface area (Å²) in [5.74, 6) is 0.285. The standard InChI is InChI=1S/C29H29N3O2S/c1-29(2,3)20-11-14-23-19(15-20)16-22-24(30)26(35-28(22)32-23)27(34)31-21-12-9-18(10-13-21)25(33)17-7-5-4-6-8-17/h4-10,12-13,16,20H,11,14-15,30H2,1-3H3,(H,31,34). The average molecular weight is 484 g/mol. The fraction of sp³-hybridized carbons (Fsp3) is 0.276. The summed E-state index contributed by atoms with van der Waals surface area (Å²) in [5, 5.41) is 3.77. The highest BCUT2D eigenvalue weighted by atomic mass is 32.1. The molecule has 4 aromatic rings. The molecule has 1 unspecified atom stereocenters. The van der Waals surface area contributed by atoms with Crippen molar-refractivity contribution < 1.29 is 9.59 Å². The number of fused-ring (bicyclic) bond motifs is 2. The summed E-state index contributed by atoms with van der Waals surface area (Å²) in [5.41, 5.74) is 11.4. The Morgan fingerprint density at radius 2 is 1.71 bits per heavy atom. The number of nitrogens with zero attached hydrogens (tertiary/aromatic N) is 1. The topological polar surface area (TPSA) is 85.1 Å². The Morgan fingerprint density at radius 1 is 1.03 bits per heavy atom. The van der Waals surface area contributed by atoms with Crippen molar-refractivity contribution in [1.29, 1.82) is 0 Å². The highest BCUT2D eigenvalue weighted by molar-refractivity contribution is 7.21. The number of benzene rings is 2. The summed E-state index contributed by atoms with van der Waals surface area (Å²) < 4.78 is 0. The molecule has 0 aliphatic heterocycles. The van der Waals surface area contributed by atoms with Crippen molar-refractivity contribution in [2.75, 3.05) is 11.1 Å². The van der Waals surface area contributed by atoms with E-state index in [-0.39, 0.29) is 17.1 Å². The van der Waals surface area contributed by atoms with E-state index in [1.165, 1.54) is 16.9 Å². The molecule has 1 aliphatic rings. The van der Waals surface area contributed by atoms with E-state index in [2.05, 4.69) is 32.2 Å². The van der Waals surface area contributed by atoms with Crippen LogP contribution in [0.1, 0.15) is 64.0 Å². The van der Waals surface area contributed by atoms with Gasteiger partial charge in [0.25, 0.3) is 5.91 Å². The van der Waals surface area contributed by atoms with Gasteiger partial charge < -0.3 is 11.1 Å². The third kappa shape index (κ3) is 4.58. The molecule has 0 saturated carbocycles. The molecule has 0 saturated heterocycles. The van der Waals surface area contributed by atoms with Crippen LogP contribution in [0.2, 0.25) is 0 Å². The smallest absolute Gasteiger partial charge is 0.267 e. The van der Waals surface area contributed by atoms with Crippen LogP contribution in [0.15, 0.2) is 60.7 Å². The molecule has 2 aromatic carbocycles. The zero-order valence-electron chi connectivity index (χ0n) is 20.2. The van der Waals surface area contributed by atoms with Crippen LogP contribution in [-0.2, 0) is 12.8 Å². The number of thiophene rings is 1. The second-order valence-electron chi connectivity index (χ2n) is 10.3. The van der Waals surface area contributed by atoms with Crippen molar-refractivity contribution in [1.82, 2.24) is 4.98 Å². The minimum atomic E-state index is -0.266. The number of amides is 1. The normalized spacial score (nSPS) is 15.6. The van der Waals surface area contributed by atoms with Gasteiger partial charge in [0.2, 0.25) is 0 Å². The van der Waals surface area contributed by atoms with E-state index < -0.39 is 0 Å². The summed E-state index contributed by atoms with van der Waals surface area (Å²) in [7, 11) is 0. The summed E-state index contributed by atoms with van der Waals surface area (Å²) in [4.78, 5) is 31.9. The molecule has 0 radical (unpaired) electrons. The average Bonchev–Trinajstić information content (AvgIpc) is 3.17. The quantitative estimate of drug-likeness (QED) is 0.324. The van der Waals surface area contributed by atoms with Crippen LogP contribution < -0.4 is 11.1 Å². The SMILES string of the molecule is CC(C)(C)C1CCc2nc3sc(C(=O)Nc4ccc(C(=O)c5ccccc5)cc4)c(N)c3cc2C1. The van der Waals surface area contributed by atoms with Gasteiger partial charge in [-0.15, -0.1) is 11.3 Å². The number of aryl methyl sites for hydroxylation is 1. The number of anilines is 2. The lowest BCUT2D eigenvalue weighted by Gasteiger charge is -2.34. The number of aromatic nitrogens is 1. The Kier molecular flexibility index (Phi) is 5.93. The van der Waals surface area contributed by atoms with Crippen molar-refractivity contribution >= 4 is 44.6 Å². The van der Waals surface area contributed by atoms with Gasteiger partial charge >= 0.3 is 0 Å². The predicted octanol–water partition coefficient (Wildman–Crippen LogP) is 6.51. The van der Waals surface area contributed by atoms with Gasteiger partial charge in [0.1, 0.15) is 9.71 Å². The Bertz CT molecular complexity index is 1420. The molecule has 178 valence electrons.